The van der Waals surface area contributed by atoms with E-state index in [0.29, 0.717) is 5.69 Å². The molecule has 0 radical (unpaired) electrons. The maximum Gasteiger partial charge on any atom is 0.337 e. The molecule has 0 aliphatic carbocycles. The second kappa shape index (κ2) is 5.48. The Morgan fingerprint density at radius 2 is 1.82 bits per heavy atom. The number of anilines is 2. The number of para-hydroxylation sites is 2. The molecule has 2 N–H and O–H groups in total. The van der Waals surface area contributed by atoms with Crippen LogP contribution in [0.15, 0.2) is 48.5 Å². The number of carboxylic acids is 1. The van der Waals surface area contributed by atoms with E-state index in [0.717, 1.165) is 27.8 Å². The number of aromatic nitrogens is 1. The summed E-state index contributed by atoms with van der Waals surface area (Å²) >= 11 is 0. The lowest BCUT2D eigenvalue weighted by molar-refractivity contribution is 0.0698. The molecule has 0 fully saturated rings. The van der Waals surface area contributed by atoms with Crippen molar-refractivity contribution in [3.63, 3.8) is 0 Å². The average Bonchev–Trinajstić information content (AvgIpc) is 2.49. The quantitative estimate of drug-likeness (QED) is 0.755. The summed E-state index contributed by atoms with van der Waals surface area (Å²) in [5, 5.41) is 13.5. The van der Waals surface area contributed by atoms with Crippen molar-refractivity contribution in [2.75, 3.05) is 5.32 Å². The van der Waals surface area contributed by atoms with Gasteiger partial charge in [-0.15, -0.1) is 0 Å². The molecule has 0 saturated carbocycles. The topological polar surface area (TPSA) is 62.2 Å². The molecule has 0 unspecified atom stereocenters. The van der Waals surface area contributed by atoms with Gasteiger partial charge in [0.15, 0.2) is 0 Å². The number of aromatic carboxylic acids is 1. The van der Waals surface area contributed by atoms with Gasteiger partial charge in [-0.1, -0.05) is 30.3 Å². The molecule has 2 aromatic carbocycles. The molecule has 0 bridgehead atoms. The zero-order valence-electron chi connectivity index (χ0n) is 12.4. The van der Waals surface area contributed by atoms with Crippen LogP contribution in [0.25, 0.3) is 10.9 Å². The lowest BCUT2D eigenvalue weighted by Gasteiger charge is -2.13. The Morgan fingerprint density at radius 3 is 2.59 bits per heavy atom. The summed E-state index contributed by atoms with van der Waals surface area (Å²) in [5.74, 6) is -0.950. The SMILES string of the molecule is Cc1cc(Nc2ccccc2C(=O)O)c2cccc(C)c2n1. The molecule has 110 valence electrons. The fourth-order valence-corrected chi connectivity index (χ4v) is 2.55. The predicted octanol–water partition coefficient (Wildman–Crippen LogP) is 4.29. The number of rotatable bonds is 3. The fraction of sp³-hybridized carbons (Fsp3) is 0.111. The van der Waals surface area contributed by atoms with Crippen molar-refractivity contribution in [3.05, 3.63) is 65.4 Å². The zero-order chi connectivity index (χ0) is 15.7. The van der Waals surface area contributed by atoms with Gasteiger partial charge in [-0.2, -0.15) is 0 Å². The van der Waals surface area contributed by atoms with Crippen LogP contribution in [0, 0.1) is 13.8 Å². The van der Waals surface area contributed by atoms with E-state index in [4.69, 9.17) is 0 Å². The van der Waals surface area contributed by atoms with Crippen LogP contribution in [0.4, 0.5) is 11.4 Å². The molecule has 0 aliphatic rings. The summed E-state index contributed by atoms with van der Waals surface area (Å²) in [5.41, 5.74) is 4.59. The Balaban J connectivity index is 2.16. The molecule has 0 aliphatic heterocycles. The van der Waals surface area contributed by atoms with Gasteiger partial charge >= 0.3 is 5.97 Å². The highest BCUT2D eigenvalue weighted by Crippen LogP contribution is 2.29. The summed E-state index contributed by atoms with van der Waals surface area (Å²) in [4.78, 5) is 15.9. The molecule has 1 aromatic heterocycles. The summed E-state index contributed by atoms with van der Waals surface area (Å²) in [7, 11) is 0. The van der Waals surface area contributed by atoms with Gasteiger partial charge in [-0.25, -0.2) is 4.79 Å². The predicted molar refractivity (Wildman–Crippen MR) is 87.9 cm³/mol. The van der Waals surface area contributed by atoms with Gasteiger partial charge in [0.25, 0.3) is 0 Å². The lowest BCUT2D eigenvalue weighted by Crippen LogP contribution is -2.03. The molecule has 0 atom stereocenters. The second-order valence-corrected chi connectivity index (χ2v) is 5.26. The molecular formula is C18H16N2O2. The van der Waals surface area contributed by atoms with Gasteiger partial charge in [0.2, 0.25) is 0 Å². The highest BCUT2D eigenvalue weighted by molar-refractivity contribution is 5.99. The number of hydrogen-bond acceptors (Lipinski definition) is 3. The minimum atomic E-state index is -0.950. The highest BCUT2D eigenvalue weighted by Gasteiger charge is 2.11. The van der Waals surface area contributed by atoms with Crippen molar-refractivity contribution in [3.8, 4) is 0 Å². The number of aryl methyl sites for hydroxylation is 2. The first-order valence-electron chi connectivity index (χ1n) is 7.02. The van der Waals surface area contributed by atoms with E-state index < -0.39 is 5.97 Å². The molecule has 1 heterocycles. The summed E-state index contributed by atoms with van der Waals surface area (Å²) in [6.07, 6.45) is 0. The number of nitrogens with one attached hydrogen (secondary N) is 1. The molecule has 0 spiro atoms. The van der Waals surface area contributed by atoms with E-state index in [1.807, 2.05) is 44.2 Å². The average molecular weight is 292 g/mol. The van der Waals surface area contributed by atoms with Gasteiger partial charge in [0, 0.05) is 16.8 Å². The van der Waals surface area contributed by atoms with E-state index in [-0.39, 0.29) is 5.56 Å². The van der Waals surface area contributed by atoms with E-state index >= 15 is 0 Å². The third kappa shape index (κ3) is 2.51. The van der Waals surface area contributed by atoms with Crippen molar-refractivity contribution in [1.82, 2.24) is 4.98 Å². The van der Waals surface area contributed by atoms with Crippen LogP contribution < -0.4 is 5.32 Å². The largest absolute Gasteiger partial charge is 0.478 e. The summed E-state index contributed by atoms with van der Waals surface area (Å²) in [6.45, 7) is 3.95. The standard InChI is InChI=1S/C18H16N2O2/c1-11-6-5-8-13-16(10-12(2)19-17(11)13)20-15-9-4-3-7-14(15)18(21)22/h3-10H,1-2H3,(H,19,20)(H,21,22). The van der Waals surface area contributed by atoms with Gasteiger partial charge in [0.1, 0.15) is 0 Å². The molecule has 4 nitrogen and oxygen atoms in total. The molecule has 0 amide bonds. The van der Waals surface area contributed by atoms with Crippen LogP contribution in [-0.2, 0) is 0 Å². The van der Waals surface area contributed by atoms with E-state index in [9.17, 15) is 9.90 Å². The third-order valence-corrected chi connectivity index (χ3v) is 3.60. The monoisotopic (exact) mass is 292 g/mol. The molecule has 3 aromatic rings. The number of pyridine rings is 1. The van der Waals surface area contributed by atoms with Crippen LogP contribution >= 0.6 is 0 Å². The number of fused-ring (bicyclic) bond motifs is 1. The second-order valence-electron chi connectivity index (χ2n) is 5.26. The van der Waals surface area contributed by atoms with Crippen molar-refractivity contribution < 1.29 is 9.90 Å². The van der Waals surface area contributed by atoms with Gasteiger partial charge < -0.3 is 10.4 Å². The number of hydrogen-bond donors (Lipinski definition) is 2. The molecular weight excluding hydrogens is 276 g/mol. The Kier molecular flexibility index (Phi) is 3.51. The Morgan fingerprint density at radius 1 is 1.05 bits per heavy atom. The minimum Gasteiger partial charge on any atom is -0.478 e. The smallest absolute Gasteiger partial charge is 0.337 e. The molecule has 0 saturated heterocycles. The van der Waals surface area contributed by atoms with Crippen molar-refractivity contribution in [2.24, 2.45) is 0 Å². The van der Waals surface area contributed by atoms with Gasteiger partial charge in [0.05, 0.1) is 16.8 Å². The lowest BCUT2D eigenvalue weighted by atomic mass is 10.1. The number of nitrogens with zero attached hydrogens (tertiary/aromatic N) is 1. The van der Waals surface area contributed by atoms with Gasteiger partial charge in [-0.05, 0) is 37.6 Å². The first kappa shape index (κ1) is 14.1. The van der Waals surface area contributed by atoms with E-state index in [2.05, 4.69) is 10.3 Å². The fourth-order valence-electron chi connectivity index (χ4n) is 2.55. The first-order chi connectivity index (χ1) is 10.6. The summed E-state index contributed by atoms with van der Waals surface area (Å²) < 4.78 is 0. The maximum atomic E-state index is 11.3. The maximum absolute atomic E-state index is 11.3. The van der Waals surface area contributed by atoms with Crippen LogP contribution in [0.2, 0.25) is 0 Å². The molecule has 22 heavy (non-hydrogen) atoms. The Hall–Kier alpha value is -2.88. The van der Waals surface area contributed by atoms with Gasteiger partial charge in [-0.3, -0.25) is 4.98 Å². The van der Waals surface area contributed by atoms with Crippen LogP contribution in [-0.4, -0.2) is 16.1 Å². The number of benzene rings is 2. The first-order valence-corrected chi connectivity index (χ1v) is 7.02. The third-order valence-electron chi connectivity index (χ3n) is 3.60. The van der Waals surface area contributed by atoms with Crippen LogP contribution in [0.3, 0.4) is 0 Å². The number of carboxylic acid groups (broad SMARTS) is 1. The minimum absolute atomic E-state index is 0.248. The van der Waals surface area contributed by atoms with Crippen molar-refractivity contribution >= 4 is 28.2 Å². The Labute approximate surface area is 128 Å². The van der Waals surface area contributed by atoms with Crippen LogP contribution in [0.1, 0.15) is 21.6 Å². The van der Waals surface area contributed by atoms with E-state index in [1.54, 1.807) is 18.2 Å². The highest BCUT2D eigenvalue weighted by atomic mass is 16.4. The van der Waals surface area contributed by atoms with Crippen LogP contribution in [0.5, 0.6) is 0 Å². The van der Waals surface area contributed by atoms with E-state index in [1.165, 1.54) is 0 Å². The number of carbonyl (C=O) groups is 1. The normalized spacial score (nSPS) is 10.6. The van der Waals surface area contributed by atoms with Crippen molar-refractivity contribution in [1.29, 1.82) is 0 Å². The molecule has 3 rings (SSSR count). The van der Waals surface area contributed by atoms with Crippen molar-refractivity contribution in [2.45, 2.75) is 13.8 Å². The zero-order valence-corrected chi connectivity index (χ0v) is 12.4. The summed E-state index contributed by atoms with van der Waals surface area (Å²) in [6, 6.07) is 14.8. The molecule has 4 heteroatoms. The Bertz CT molecular complexity index is 872.